The summed E-state index contributed by atoms with van der Waals surface area (Å²) in [5.74, 6) is 1.41. The van der Waals surface area contributed by atoms with Crippen molar-refractivity contribution in [3.63, 3.8) is 0 Å². The van der Waals surface area contributed by atoms with Crippen LogP contribution in [0.25, 0.3) is 11.2 Å². The molecule has 3 aromatic rings. The number of carbonyl (C=O) groups excluding carboxylic acids is 1. The number of likely N-dealkylation sites (N-methyl/N-ethyl adjacent to an activating group) is 1. The van der Waals surface area contributed by atoms with Crippen molar-refractivity contribution in [2.24, 2.45) is 0 Å². The van der Waals surface area contributed by atoms with Crippen LogP contribution in [0.2, 0.25) is 0 Å². The summed E-state index contributed by atoms with van der Waals surface area (Å²) >= 11 is 0. The Morgan fingerprint density at radius 3 is 3.16 bits per heavy atom. The van der Waals surface area contributed by atoms with Crippen LogP contribution in [-0.4, -0.2) is 46.0 Å². The average Bonchev–Trinajstić information content (AvgIpc) is 3.10. The van der Waals surface area contributed by atoms with Crippen molar-refractivity contribution < 1.29 is 9.53 Å². The van der Waals surface area contributed by atoms with E-state index in [9.17, 15) is 4.79 Å². The lowest BCUT2D eigenvalue weighted by Crippen LogP contribution is -2.39. The standard InChI is InChI=1S/C17H18N6O2/c1-23(17-15-16(19-9-18-15)20-10-21-17)8-14(24)22-12-6-7-25-13-5-3-2-4-11(12)13/h2-5,9-10,12H,6-8H2,1H3,(H,22,24)(H,18,19,20,21)/t12-/m0/s1. The predicted octanol–water partition coefficient (Wildman–Crippen LogP) is 1.43. The second-order valence-corrected chi connectivity index (χ2v) is 5.95. The normalized spacial score (nSPS) is 16.1. The number of carbonyl (C=O) groups is 1. The molecule has 1 aliphatic heterocycles. The molecule has 0 aliphatic carbocycles. The summed E-state index contributed by atoms with van der Waals surface area (Å²) in [5.41, 5.74) is 2.31. The molecule has 1 amide bonds. The van der Waals surface area contributed by atoms with Crippen LogP contribution in [0.5, 0.6) is 5.75 Å². The molecule has 3 heterocycles. The van der Waals surface area contributed by atoms with E-state index in [2.05, 4.69) is 25.3 Å². The minimum absolute atomic E-state index is 0.0385. The molecule has 0 saturated carbocycles. The van der Waals surface area contributed by atoms with Crippen LogP contribution in [0.3, 0.4) is 0 Å². The lowest BCUT2D eigenvalue weighted by molar-refractivity contribution is -0.120. The molecule has 128 valence electrons. The lowest BCUT2D eigenvalue weighted by atomic mass is 10.0. The fourth-order valence-corrected chi connectivity index (χ4v) is 3.06. The van der Waals surface area contributed by atoms with Gasteiger partial charge in [-0.1, -0.05) is 18.2 Å². The summed E-state index contributed by atoms with van der Waals surface area (Å²) in [6.07, 6.45) is 3.77. The number of anilines is 1. The number of hydrogen-bond donors (Lipinski definition) is 2. The fourth-order valence-electron chi connectivity index (χ4n) is 3.06. The van der Waals surface area contributed by atoms with Gasteiger partial charge in [0.25, 0.3) is 0 Å². The number of amides is 1. The number of benzene rings is 1. The fraction of sp³-hybridized carbons (Fsp3) is 0.294. The lowest BCUT2D eigenvalue weighted by Gasteiger charge is -2.27. The van der Waals surface area contributed by atoms with Crippen molar-refractivity contribution in [3.8, 4) is 5.75 Å². The van der Waals surface area contributed by atoms with Crippen LogP contribution in [0.15, 0.2) is 36.9 Å². The maximum absolute atomic E-state index is 12.5. The number of rotatable bonds is 4. The minimum Gasteiger partial charge on any atom is -0.493 e. The van der Waals surface area contributed by atoms with Crippen LogP contribution in [-0.2, 0) is 4.79 Å². The summed E-state index contributed by atoms with van der Waals surface area (Å²) in [4.78, 5) is 29.8. The third-order valence-electron chi connectivity index (χ3n) is 4.24. The van der Waals surface area contributed by atoms with Gasteiger partial charge in [-0.15, -0.1) is 0 Å². The van der Waals surface area contributed by atoms with Crippen molar-refractivity contribution in [1.29, 1.82) is 0 Å². The first kappa shape index (κ1) is 15.4. The van der Waals surface area contributed by atoms with Gasteiger partial charge in [-0.3, -0.25) is 4.79 Å². The van der Waals surface area contributed by atoms with Crippen LogP contribution in [0, 0.1) is 0 Å². The number of para-hydroxylation sites is 1. The second kappa shape index (κ2) is 6.39. The van der Waals surface area contributed by atoms with Gasteiger partial charge >= 0.3 is 0 Å². The van der Waals surface area contributed by atoms with E-state index < -0.39 is 0 Å². The summed E-state index contributed by atoms with van der Waals surface area (Å²) in [5, 5.41) is 3.09. The Labute approximate surface area is 144 Å². The van der Waals surface area contributed by atoms with Gasteiger partial charge in [-0.25, -0.2) is 15.0 Å². The molecular formula is C17H18N6O2. The van der Waals surface area contributed by atoms with Crippen molar-refractivity contribution >= 4 is 22.9 Å². The Morgan fingerprint density at radius 2 is 2.24 bits per heavy atom. The highest BCUT2D eigenvalue weighted by atomic mass is 16.5. The van der Waals surface area contributed by atoms with Crippen LogP contribution < -0.4 is 15.0 Å². The van der Waals surface area contributed by atoms with E-state index in [0.29, 0.717) is 23.6 Å². The van der Waals surface area contributed by atoms with Gasteiger partial charge in [0.05, 0.1) is 25.5 Å². The highest BCUT2D eigenvalue weighted by molar-refractivity contribution is 5.87. The molecule has 0 bridgehead atoms. The Morgan fingerprint density at radius 1 is 1.36 bits per heavy atom. The molecule has 8 nitrogen and oxygen atoms in total. The third kappa shape index (κ3) is 2.98. The van der Waals surface area contributed by atoms with E-state index in [0.717, 1.165) is 17.7 Å². The van der Waals surface area contributed by atoms with E-state index in [4.69, 9.17) is 4.74 Å². The molecular weight excluding hydrogens is 320 g/mol. The summed E-state index contributed by atoms with van der Waals surface area (Å²) in [6.45, 7) is 0.781. The number of hydrogen-bond acceptors (Lipinski definition) is 6. The highest BCUT2D eigenvalue weighted by Gasteiger charge is 2.23. The number of imidazole rings is 1. The van der Waals surface area contributed by atoms with Gasteiger partial charge in [0, 0.05) is 19.0 Å². The monoisotopic (exact) mass is 338 g/mol. The first-order valence-electron chi connectivity index (χ1n) is 8.08. The van der Waals surface area contributed by atoms with Gasteiger partial charge in [0.1, 0.15) is 17.6 Å². The third-order valence-corrected chi connectivity index (χ3v) is 4.24. The minimum atomic E-state index is -0.0736. The smallest absolute Gasteiger partial charge is 0.240 e. The zero-order chi connectivity index (χ0) is 17.2. The van der Waals surface area contributed by atoms with E-state index in [-0.39, 0.29) is 18.5 Å². The number of aromatic nitrogens is 4. The molecule has 8 heteroatoms. The number of nitrogens with zero attached hydrogens (tertiary/aromatic N) is 4. The van der Waals surface area contributed by atoms with Gasteiger partial charge in [0.15, 0.2) is 11.5 Å². The molecule has 0 saturated heterocycles. The van der Waals surface area contributed by atoms with Crippen LogP contribution >= 0.6 is 0 Å². The second-order valence-electron chi connectivity index (χ2n) is 5.95. The Kier molecular flexibility index (Phi) is 3.93. The van der Waals surface area contributed by atoms with Crippen LogP contribution in [0.1, 0.15) is 18.0 Å². The maximum Gasteiger partial charge on any atom is 0.240 e. The summed E-state index contributed by atoms with van der Waals surface area (Å²) in [7, 11) is 1.82. The quantitative estimate of drug-likeness (QED) is 0.747. The van der Waals surface area contributed by atoms with Crippen molar-refractivity contribution in [3.05, 3.63) is 42.5 Å². The topological polar surface area (TPSA) is 96.0 Å². The molecule has 0 radical (unpaired) electrons. The van der Waals surface area contributed by atoms with Crippen molar-refractivity contribution in [1.82, 2.24) is 25.3 Å². The first-order chi connectivity index (χ1) is 12.2. The molecule has 1 aromatic carbocycles. The average molecular weight is 338 g/mol. The number of ether oxygens (including phenoxy) is 1. The van der Waals surface area contributed by atoms with E-state index >= 15 is 0 Å². The van der Waals surface area contributed by atoms with E-state index in [1.54, 1.807) is 11.2 Å². The predicted molar refractivity (Wildman–Crippen MR) is 92.4 cm³/mol. The molecule has 4 rings (SSSR count). The van der Waals surface area contributed by atoms with Gasteiger partial charge in [0.2, 0.25) is 5.91 Å². The Balaban J connectivity index is 1.47. The van der Waals surface area contributed by atoms with Crippen molar-refractivity contribution in [2.75, 3.05) is 25.1 Å². The molecule has 2 N–H and O–H groups in total. The molecule has 0 spiro atoms. The molecule has 0 unspecified atom stereocenters. The van der Waals surface area contributed by atoms with E-state index in [1.165, 1.54) is 6.33 Å². The maximum atomic E-state index is 12.5. The Bertz CT molecular complexity index is 909. The zero-order valence-corrected chi connectivity index (χ0v) is 13.8. The van der Waals surface area contributed by atoms with Crippen LogP contribution in [0.4, 0.5) is 5.82 Å². The SMILES string of the molecule is CN(CC(=O)N[C@H]1CCOc2ccccc21)c1ncnc2nc[nH]c12. The molecule has 25 heavy (non-hydrogen) atoms. The summed E-state index contributed by atoms with van der Waals surface area (Å²) < 4.78 is 5.64. The molecule has 2 aromatic heterocycles. The van der Waals surface area contributed by atoms with Gasteiger partial charge < -0.3 is 19.9 Å². The molecule has 1 atom stereocenters. The van der Waals surface area contributed by atoms with Gasteiger partial charge in [-0.2, -0.15) is 0 Å². The zero-order valence-electron chi connectivity index (χ0n) is 13.8. The number of nitrogens with one attached hydrogen (secondary N) is 2. The Hall–Kier alpha value is -3.16. The molecule has 1 aliphatic rings. The first-order valence-corrected chi connectivity index (χ1v) is 8.08. The van der Waals surface area contributed by atoms with Gasteiger partial charge in [-0.05, 0) is 6.07 Å². The number of H-pyrrole nitrogens is 1. The highest BCUT2D eigenvalue weighted by Crippen LogP contribution is 2.31. The number of fused-ring (bicyclic) bond motifs is 2. The van der Waals surface area contributed by atoms with Crippen molar-refractivity contribution in [2.45, 2.75) is 12.5 Å². The summed E-state index contributed by atoms with van der Waals surface area (Å²) in [6, 6.07) is 7.76. The largest absolute Gasteiger partial charge is 0.493 e. The molecule has 0 fully saturated rings. The van der Waals surface area contributed by atoms with E-state index in [1.807, 2.05) is 31.3 Å². The number of aromatic amines is 1.